The summed E-state index contributed by atoms with van der Waals surface area (Å²) in [6.45, 7) is 1.89. The van der Waals surface area contributed by atoms with Crippen LogP contribution in [0.2, 0.25) is 10.0 Å². The zero-order chi connectivity index (χ0) is 10.7. The van der Waals surface area contributed by atoms with E-state index in [1.54, 1.807) is 12.1 Å². The fraction of sp³-hybridized carbons (Fsp3) is 0.400. The molecule has 1 unspecified atom stereocenters. The van der Waals surface area contributed by atoms with Crippen molar-refractivity contribution >= 4 is 23.2 Å². The number of ether oxygens (including phenoxy) is 1. The largest absolute Gasteiger partial charge is 0.494 e. The van der Waals surface area contributed by atoms with Crippen molar-refractivity contribution in [2.45, 2.75) is 19.4 Å². The van der Waals surface area contributed by atoms with Gasteiger partial charge < -0.3 is 9.84 Å². The molecule has 0 aliphatic carbocycles. The first-order valence-electron chi connectivity index (χ1n) is 4.31. The third-order valence-corrected chi connectivity index (χ3v) is 2.56. The van der Waals surface area contributed by atoms with Gasteiger partial charge in [-0.25, -0.2) is 0 Å². The maximum Gasteiger partial charge on any atom is 0.156 e. The highest BCUT2D eigenvalue weighted by Gasteiger charge is 2.12. The summed E-state index contributed by atoms with van der Waals surface area (Å²) in [5, 5.41) is 10.4. The molecule has 2 nitrogen and oxygen atoms in total. The molecular formula is C10H12Cl2O2. The van der Waals surface area contributed by atoms with Gasteiger partial charge in [0.25, 0.3) is 0 Å². The Morgan fingerprint density at radius 3 is 2.21 bits per heavy atom. The lowest BCUT2D eigenvalue weighted by Gasteiger charge is -2.12. The molecule has 0 aliphatic rings. The molecule has 0 radical (unpaired) electrons. The molecule has 14 heavy (non-hydrogen) atoms. The van der Waals surface area contributed by atoms with Crippen LogP contribution in [-0.2, 0) is 0 Å². The molecule has 4 heteroatoms. The van der Waals surface area contributed by atoms with Crippen molar-refractivity contribution < 1.29 is 9.84 Å². The topological polar surface area (TPSA) is 29.5 Å². The summed E-state index contributed by atoms with van der Waals surface area (Å²) in [6, 6.07) is 3.33. The Balaban J connectivity index is 3.13. The van der Waals surface area contributed by atoms with Crippen molar-refractivity contribution in [2.75, 3.05) is 7.11 Å². The quantitative estimate of drug-likeness (QED) is 0.869. The summed E-state index contributed by atoms with van der Waals surface area (Å²) in [7, 11) is 1.50. The molecule has 0 bridgehead atoms. The molecule has 0 aliphatic heterocycles. The van der Waals surface area contributed by atoms with E-state index in [1.807, 2.05) is 6.92 Å². The standard InChI is InChI=1S/C10H12Cl2O2/c1-3-9(13)6-4-7(11)10(14-2)8(12)5-6/h4-5,9,13H,3H2,1-2H3. The van der Waals surface area contributed by atoms with Gasteiger partial charge in [-0.05, 0) is 24.1 Å². The number of aliphatic hydroxyl groups excluding tert-OH is 1. The predicted octanol–water partition coefficient (Wildman–Crippen LogP) is 3.45. The minimum Gasteiger partial charge on any atom is -0.494 e. The number of benzene rings is 1. The van der Waals surface area contributed by atoms with Gasteiger partial charge in [-0.1, -0.05) is 30.1 Å². The Labute approximate surface area is 93.4 Å². The number of hydrogen-bond acceptors (Lipinski definition) is 2. The SMILES string of the molecule is CCC(O)c1cc(Cl)c(OC)c(Cl)c1. The Morgan fingerprint density at radius 2 is 1.86 bits per heavy atom. The lowest BCUT2D eigenvalue weighted by atomic mass is 10.1. The highest BCUT2D eigenvalue weighted by molar-refractivity contribution is 6.37. The molecule has 0 fully saturated rings. The molecule has 1 rings (SSSR count). The minimum atomic E-state index is -0.532. The molecule has 0 heterocycles. The van der Waals surface area contributed by atoms with Gasteiger partial charge in [-0.3, -0.25) is 0 Å². The van der Waals surface area contributed by atoms with E-state index in [0.29, 0.717) is 27.8 Å². The third kappa shape index (κ3) is 2.32. The van der Waals surface area contributed by atoms with Crippen molar-refractivity contribution in [1.29, 1.82) is 0 Å². The van der Waals surface area contributed by atoms with Crippen LogP contribution in [0.15, 0.2) is 12.1 Å². The number of hydrogen-bond donors (Lipinski definition) is 1. The van der Waals surface area contributed by atoms with E-state index in [1.165, 1.54) is 7.11 Å². The Bertz CT molecular complexity index is 303. The van der Waals surface area contributed by atoms with Crippen LogP contribution in [0.25, 0.3) is 0 Å². The molecule has 78 valence electrons. The molecular weight excluding hydrogens is 223 g/mol. The molecule has 0 saturated heterocycles. The Hall–Kier alpha value is -0.440. The van der Waals surface area contributed by atoms with Gasteiger partial charge in [0.05, 0.1) is 23.3 Å². The van der Waals surface area contributed by atoms with Gasteiger partial charge in [-0.15, -0.1) is 0 Å². The van der Waals surface area contributed by atoms with Crippen LogP contribution in [0.1, 0.15) is 25.0 Å². The predicted molar refractivity (Wildman–Crippen MR) is 58.3 cm³/mol. The smallest absolute Gasteiger partial charge is 0.156 e. The van der Waals surface area contributed by atoms with Crippen molar-refractivity contribution in [2.24, 2.45) is 0 Å². The van der Waals surface area contributed by atoms with Crippen LogP contribution >= 0.6 is 23.2 Å². The highest BCUT2D eigenvalue weighted by Crippen LogP contribution is 2.35. The Kier molecular flexibility index (Phi) is 4.05. The molecule has 1 aromatic carbocycles. The van der Waals surface area contributed by atoms with Crippen molar-refractivity contribution in [3.8, 4) is 5.75 Å². The first-order chi connectivity index (χ1) is 6.60. The van der Waals surface area contributed by atoms with E-state index in [9.17, 15) is 5.11 Å². The molecule has 0 spiro atoms. The zero-order valence-electron chi connectivity index (χ0n) is 8.05. The second-order valence-electron chi connectivity index (χ2n) is 2.94. The number of aliphatic hydroxyl groups is 1. The lowest BCUT2D eigenvalue weighted by molar-refractivity contribution is 0.173. The van der Waals surface area contributed by atoms with Crippen LogP contribution in [0.5, 0.6) is 5.75 Å². The molecule has 1 N–H and O–H groups in total. The van der Waals surface area contributed by atoms with Crippen LogP contribution in [0.4, 0.5) is 0 Å². The van der Waals surface area contributed by atoms with Gasteiger partial charge in [-0.2, -0.15) is 0 Å². The van der Waals surface area contributed by atoms with Gasteiger partial charge in [0, 0.05) is 0 Å². The number of halogens is 2. The average molecular weight is 235 g/mol. The summed E-state index contributed by atoms with van der Waals surface area (Å²) in [6.07, 6.45) is 0.0924. The third-order valence-electron chi connectivity index (χ3n) is 2.00. The first-order valence-corrected chi connectivity index (χ1v) is 5.06. The van der Waals surface area contributed by atoms with E-state index in [2.05, 4.69) is 0 Å². The normalized spacial score (nSPS) is 12.6. The van der Waals surface area contributed by atoms with Crippen LogP contribution in [-0.4, -0.2) is 12.2 Å². The van der Waals surface area contributed by atoms with Crippen molar-refractivity contribution in [3.05, 3.63) is 27.7 Å². The number of rotatable bonds is 3. The van der Waals surface area contributed by atoms with E-state index < -0.39 is 6.10 Å². The van der Waals surface area contributed by atoms with E-state index in [4.69, 9.17) is 27.9 Å². The summed E-state index contributed by atoms with van der Waals surface area (Å²) in [5.74, 6) is 0.445. The van der Waals surface area contributed by atoms with E-state index in [0.717, 1.165) is 0 Å². The van der Waals surface area contributed by atoms with E-state index >= 15 is 0 Å². The fourth-order valence-electron chi connectivity index (χ4n) is 1.20. The molecule has 1 aromatic rings. The lowest BCUT2D eigenvalue weighted by Crippen LogP contribution is -1.96. The molecule has 0 amide bonds. The van der Waals surface area contributed by atoms with Crippen molar-refractivity contribution in [3.63, 3.8) is 0 Å². The second-order valence-corrected chi connectivity index (χ2v) is 3.76. The maximum atomic E-state index is 9.58. The van der Waals surface area contributed by atoms with Gasteiger partial charge >= 0.3 is 0 Å². The minimum absolute atomic E-state index is 0.419. The average Bonchev–Trinajstić information content (AvgIpc) is 2.16. The zero-order valence-corrected chi connectivity index (χ0v) is 9.56. The molecule has 1 atom stereocenters. The van der Waals surface area contributed by atoms with Gasteiger partial charge in [0.1, 0.15) is 0 Å². The number of methoxy groups -OCH3 is 1. The maximum absolute atomic E-state index is 9.58. The van der Waals surface area contributed by atoms with Crippen molar-refractivity contribution in [1.82, 2.24) is 0 Å². The summed E-state index contributed by atoms with van der Waals surface area (Å²) >= 11 is 11.8. The summed E-state index contributed by atoms with van der Waals surface area (Å²) in [4.78, 5) is 0. The fourth-order valence-corrected chi connectivity index (χ4v) is 1.86. The van der Waals surface area contributed by atoms with Crippen LogP contribution in [0.3, 0.4) is 0 Å². The van der Waals surface area contributed by atoms with Gasteiger partial charge in [0.15, 0.2) is 5.75 Å². The summed E-state index contributed by atoms with van der Waals surface area (Å²) < 4.78 is 5.00. The van der Waals surface area contributed by atoms with Gasteiger partial charge in [0.2, 0.25) is 0 Å². The monoisotopic (exact) mass is 234 g/mol. The second kappa shape index (κ2) is 4.87. The van der Waals surface area contributed by atoms with Crippen LogP contribution < -0.4 is 4.74 Å². The summed E-state index contributed by atoms with van der Waals surface area (Å²) in [5.41, 5.74) is 0.711. The molecule has 0 saturated carbocycles. The molecule has 0 aromatic heterocycles. The van der Waals surface area contributed by atoms with Crippen LogP contribution in [0, 0.1) is 0 Å². The van der Waals surface area contributed by atoms with E-state index in [-0.39, 0.29) is 0 Å². The first kappa shape index (κ1) is 11.6. The highest BCUT2D eigenvalue weighted by atomic mass is 35.5. The Morgan fingerprint density at radius 1 is 1.36 bits per heavy atom.